The third-order valence-electron chi connectivity index (χ3n) is 4.16. The second-order valence-corrected chi connectivity index (χ2v) is 5.99. The molecule has 96 valence electrons. The minimum Gasteiger partial charge on any atom is -0.388 e. The zero-order valence-corrected chi connectivity index (χ0v) is 11.3. The highest BCUT2D eigenvalue weighted by atomic mass is 32.1. The lowest BCUT2D eigenvalue weighted by Gasteiger charge is -2.42. The van der Waals surface area contributed by atoms with Crippen LogP contribution in [0.2, 0.25) is 0 Å². The van der Waals surface area contributed by atoms with Gasteiger partial charge in [-0.1, -0.05) is 24.7 Å². The molecular formula is C14H19N3S. The Morgan fingerprint density at radius 3 is 2.67 bits per heavy atom. The van der Waals surface area contributed by atoms with Gasteiger partial charge in [-0.05, 0) is 43.2 Å². The summed E-state index contributed by atoms with van der Waals surface area (Å²) in [5.74, 6) is 2.75. The molecule has 2 bridgehead atoms. The number of anilines is 1. The van der Waals surface area contributed by atoms with Crippen LogP contribution in [0.4, 0.5) is 5.82 Å². The van der Waals surface area contributed by atoms with E-state index in [1.807, 2.05) is 12.1 Å². The number of pyridine rings is 1. The van der Waals surface area contributed by atoms with Crippen molar-refractivity contribution in [2.24, 2.45) is 17.6 Å². The molecule has 0 radical (unpaired) electrons. The maximum Gasteiger partial charge on any atom is 0.129 e. The molecule has 0 spiro atoms. The predicted molar refractivity (Wildman–Crippen MR) is 77.8 cm³/mol. The first-order valence-corrected chi connectivity index (χ1v) is 7.15. The van der Waals surface area contributed by atoms with Crippen LogP contribution in [0, 0.1) is 11.8 Å². The number of piperidine rings is 1. The van der Waals surface area contributed by atoms with E-state index in [1.165, 1.54) is 25.7 Å². The number of thiocarbonyl (C=S) groups is 1. The van der Waals surface area contributed by atoms with Crippen LogP contribution in [0.25, 0.3) is 0 Å². The van der Waals surface area contributed by atoms with E-state index in [1.54, 1.807) is 0 Å². The smallest absolute Gasteiger partial charge is 0.129 e. The lowest BCUT2D eigenvalue weighted by Crippen LogP contribution is -2.43. The highest BCUT2D eigenvalue weighted by Crippen LogP contribution is 2.35. The van der Waals surface area contributed by atoms with Gasteiger partial charge in [0.2, 0.25) is 0 Å². The molecule has 2 N–H and O–H groups in total. The Labute approximate surface area is 113 Å². The highest BCUT2D eigenvalue weighted by Gasteiger charge is 2.30. The van der Waals surface area contributed by atoms with Gasteiger partial charge in [-0.25, -0.2) is 4.98 Å². The number of nitrogens with two attached hydrogens (primary N) is 1. The van der Waals surface area contributed by atoms with E-state index in [9.17, 15) is 0 Å². The second-order valence-electron chi connectivity index (χ2n) is 5.55. The van der Waals surface area contributed by atoms with Crippen LogP contribution in [0.3, 0.4) is 0 Å². The third kappa shape index (κ3) is 2.34. The van der Waals surface area contributed by atoms with Crippen LogP contribution in [-0.4, -0.2) is 23.1 Å². The molecule has 1 saturated heterocycles. The minimum atomic E-state index is 0.383. The molecular weight excluding hydrogens is 242 g/mol. The Kier molecular flexibility index (Phi) is 3.20. The second kappa shape index (κ2) is 4.84. The number of nitrogens with zero attached hydrogens (tertiary/aromatic N) is 2. The topological polar surface area (TPSA) is 42.1 Å². The Morgan fingerprint density at radius 1 is 1.28 bits per heavy atom. The standard InChI is InChI=1S/C14H19N3S/c15-14(18)12-5-2-6-13(16-12)17-8-10-3-1-4-11(7-10)9-17/h2,5-6,10-11H,1,3-4,7-9H2,(H2,15,18). The van der Waals surface area contributed by atoms with Crippen LogP contribution in [-0.2, 0) is 0 Å². The van der Waals surface area contributed by atoms with Crippen molar-refractivity contribution in [1.82, 2.24) is 4.98 Å². The van der Waals surface area contributed by atoms with Crippen molar-refractivity contribution in [2.45, 2.75) is 25.7 Å². The van der Waals surface area contributed by atoms with Crippen LogP contribution in [0.5, 0.6) is 0 Å². The van der Waals surface area contributed by atoms with Gasteiger partial charge in [-0.3, -0.25) is 0 Å². The molecule has 1 aromatic rings. The average Bonchev–Trinajstić information content (AvgIpc) is 2.38. The van der Waals surface area contributed by atoms with Crippen LogP contribution in [0.15, 0.2) is 18.2 Å². The first-order valence-electron chi connectivity index (χ1n) is 6.74. The van der Waals surface area contributed by atoms with E-state index in [2.05, 4.69) is 16.0 Å². The quantitative estimate of drug-likeness (QED) is 0.830. The third-order valence-corrected chi connectivity index (χ3v) is 4.37. The monoisotopic (exact) mass is 261 g/mol. The number of aromatic nitrogens is 1. The van der Waals surface area contributed by atoms with E-state index in [0.717, 1.165) is 36.4 Å². The van der Waals surface area contributed by atoms with E-state index in [-0.39, 0.29) is 0 Å². The highest BCUT2D eigenvalue weighted by molar-refractivity contribution is 7.80. The van der Waals surface area contributed by atoms with Gasteiger partial charge in [0, 0.05) is 13.1 Å². The molecule has 0 amide bonds. The fourth-order valence-corrected chi connectivity index (χ4v) is 3.47. The zero-order chi connectivity index (χ0) is 12.5. The minimum absolute atomic E-state index is 0.383. The molecule has 3 nitrogen and oxygen atoms in total. The van der Waals surface area contributed by atoms with Gasteiger partial charge in [0.05, 0.1) is 5.69 Å². The van der Waals surface area contributed by atoms with Gasteiger partial charge in [0.15, 0.2) is 0 Å². The largest absolute Gasteiger partial charge is 0.388 e. The summed E-state index contributed by atoms with van der Waals surface area (Å²) in [6, 6.07) is 5.96. The van der Waals surface area contributed by atoms with Gasteiger partial charge in [0.25, 0.3) is 0 Å². The van der Waals surface area contributed by atoms with Gasteiger partial charge >= 0.3 is 0 Å². The number of fused-ring (bicyclic) bond motifs is 2. The van der Waals surface area contributed by atoms with Gasteiger partial charge < -0.3 is 10.6 Å². The molecule has 2 aliphatic rings. The van der Waals surface area contributed by atoms with Crippen LogP contribution in [0.1, 0.15) is 31.4 Å². The molecule has 1 aliphatic carbocycles. The summed E-state index contributed by atoms with van der Waals surface area (Å²) >= 11 is 5.00. The predicted octanol–water partition coefficient (Wildman–Crippen LogP) is 2.34. The molecule has 1 aliphatic heterocycles. The summed E-state index contributed by atoms with van der Waals surface area (Å²) in [7, 11) is 0. The van der Waals surface area contributed by atoms with E-state index in [0.29, 0.717) is 4.99 Å². The summed E-state index contributed by atoms with van der Waals surface area (Å²) in [6.07, 6.45) is 5.57. The Balaban J connectivity index is 1.82. The summed E-state index contributed by atoms with van der Waals surface area (Å²) in [6.45, 7) is 2.29. The molecule has 1 aromatic heterocycles. The summed E-state index contributed by atoms with van der Waals surface area (Å²) in [5.41, 5.74) is 6.39. The fourth-order valence-electron chi connectivity index (χ4n) is 3.36. The average molecular weight is 261 g/mol. The van der Waals surface area contributed by atoms with Crippen LogP contribution >= 0.6 is 12.2 Å². The molecule has 2 unspecified atom stereocenters. The van der Waals surface area contributed by atoms with Crippen molar-refractivity contribution in [3.8, 4) is 0 Å². The maximum absolute atomic E-state index is 5.65. The van der Waals surface area contributed by atoms with Gasteiger partial charge in [-0.15, -0.1) is 0 Å². The Hall–Kier alpha value is -1.16. The van der Waals surface area contributed by atoms with E-state index in [4.69, 9.17) is 18.0 Å². The molecule has 18 heavy (non-hydrogen) atoms. The molecule has 2 atom stereocenters. The van der Waals surface area contributed by atoms with Crippen molar-refractivity contribution in [1.29, 1.82) is 0 Å². The SMILES string of the molecule is NC(=S)c1cccc(N2CC3CCCC(C3)C2)n1. The zero-order valence-electron chi connectivity index (χ0n) is 10.5. The molecule has 1 saturated carbocycles. The molecule has 2 heterocycles. The van der Waals surface area contributed by atoms with Crippen molar-refractivity contribution >= 4 is 23.0 Å². The van der Waals surface area contributed by atoms with E-state index >= 15 is 0 Å². The Bertz CT molecular complexity index is 448. The Morgan fingerprint density at radius 2 is 2.00 bits per heavy atom. The molecule has 0 aromatic carbocycles. The van der Waals surface area contributed by atoms with Crippen molar-refractivity contribution in [3.63, 3.8) is 0 Å². The first-order chi connectivity index (χ1) is 8.72. The molecule has 2 fully saturated rings. The number of rotatable bonds is 2. The summed E-state index contributed by atoms with van der Waals surface area (Å²) < 4.78 is 0. The number of hydrogen-bond donors (Lipinski definition) is 1. The van der Waals surface area contributed by atoms with Crippen molar-refractivity contribution in [2.75, 3.05) is 18.0 Å². The number of hydrogen-bond acceptors (Lipinski definition) is 3. The first kappa shape index (κ1) is 11.9. The van der Waals surface area contributed by atoms with Crippen LogP contribution < -0.4 is 10.6 Å². The molecule has 3 rings (SSSR count). The van der Waals surface area contributed by atoms with Gasteiger partial charge in [0.1, 0.15) is 10.8 Å². The summed E-state index contributed by atoms with van der Waals surface area (Å²) in [4.78, 5) is 7.38. The molecule has 4 heteroatoms. The normalized spacial score (nSPS) is 27.0. The lowest BCUT2D eigenvalue weighted by atomic mass is 9.78. The van der Waals surface area contributed by atoms with E-state index < -0.39 is 0 Å². The summed E-state index contributed by atoms with van der Waals surface area (Å²) in [5, 5.41) is 0. The van der Waals surface area contributed by atoms with Crippen molar-refractivity contribution in [3.05, 3.63) is 23.9 Å². The van der Waals surface area contributed by atoms with Crippen molar-refractivity contribution < 1.29 is 0 Å². The lowest BCUT2D eigenvalue weighted by molar-refractivity contribution is 0.230. The van der Waals surface area contributed by atoms with Gasteiger partial charge in [-0.2, -0.15) is 0 Å². The maximum atomic E-state index is 5.65. The fraction of sp³-hybridized carbons (Fsp3) is 0.571.